The molecule has 0 aliphatic rings. The predicted molar refractivity (Wildman–Crippen MR) is 57.1 cm³/mol. The van der Waals surface area contributed by atoms with Crippen molar-refractivity contribution >= 4 is 33.8 Å². The zero-order valence-corrected chi connectivity index (χ0v) is 8.49. The van der Waals surface area contributed by atoms with Gasteiger partial charge in [0.2, 0.25) is 0 Å². The van der Waals surface area contributed by atoms with Gasteiger partial charge in [-0.2, -0.15) is 0 Å². The number of nitrogens with two attached hydrogens (primary N) is 1. The third kappa shape index (κ3) is 1.72. The molecule has 0 aliphatic carbocycles. The Balaban J connectivity index is 0.000000845. The van der Waals surface area contributed by atoms with Gasteiger partial charge in [-0.15, -0.1) is 17.0 Å². The summed E-state index contributed by atoms with van der Waals surface area (Å²) in [6.07, 6.45) is 0. The number of aromatic nitrogens is 1. The second-order valence-electron chi connectivity index (χ2n) is 2.63. The van der Waals surface area contributed by atoms with Gasteiger partial charge in [-0.1, -0.05) is 18.2 Å². The summed E-state index contributed by atoms with van der Waals surface area (Å²) in [6, 6.07) is 9.41. The first kappa shape index (κ1) is 9.80. The Bertz CT molecular complexity index is 403. The van der Waals surface area contributed by atoms with E-state index < -0.39 is 5.91 Å². The molecule has 4 heteroatoms. The fraction of sp³-hybridized carbons (Fsp3) is 0. The van der Waals surface area contributed by atoms with Crippen molar-refractivity contribution in [1.82, 2.24) is 4.98 Å². The van der Waals surface area contributed by atoms with E-state index in [-0.39, 0.29) is 17.0 Å². The summed E-state index contributed by atoms with van der Waals surface area (Å²) in [4.78, 5) is 13.7. The van der Waals surface area contributed by atoms with Crippen LogP contribution in [0.3, 0.4) is 0 Å². The molecule has 0 atom stereocenters. The molecule has 0 saturated carbocycles. The minimum absolute atomic E-state index is 0. The largest absolute Gasteiger partial charge is 0.364 e. The molecule has 0 unspecified atom stereocenters. The lowest BCUT2D eigenvalue weighted by Crippen LogP contribution is -2.10. The maximum Gasteiger partial charge on any atom is 0.265 e. The van der Waals surface area contributed by atoms with E-state index >= 15 is 0 Å². The van der Waals surface area contributed by atoms with Gasteiger partial charge in [-0.25, -0.2) is 0 Å². The lowest BCUT2D eigenvalue weighted by atomic mass is 10.2. The highest BCUT2D eigenvalue weighted by Crippen LogP contribution is 2.13. The minimum atomic E-state index is -0.425. The van der Waals surface area contributed by atoms with Crippen molar-refractivity contribution < 1.29 is 4.79 Å². The normalized spacial score (nSPS) is 9.54. The van der Waals surface area contributed by atoms with Gasteiger partial charge in [0.15, 0.2) is 0 Å². The number of halogens is 1. The topological polar surface area (TPSA) is 58.9 Å². The highest BCUT2D eigenvalue weighted by atomic mass is 79.9. The van der Waals surface area contributed by atoms with Gasteiger partial charge in [0.25, 0.3) is 5.91 Å². The number of benzene rings is 1. The molecule has 0 spiro atoms. The van der Waals surface area contributed by atoms with Crippen LogP contribution in [-0.2, 0) is 0 Å². The van der Waals surface area contributed by atoms with Gasteiger partial charge in [0.1, 0.15) is 5.69 Å². The molecule has 3 nitrogen and oxygen atoms in total. The highest BCUT2D eigenvalue weighted by molar-refractivity contribution is 8.93. The Hall–Kier alpha value is -1.29. The molecule has 0 saturated heterocycles. The average Bonchev–Trinajstić information content (AvgIpc) is 2.46. The molecule has 0 aliphatic heterocycles. The van der Waals surface area contributed by atoms with E-state index in [2.05, 4.69) is 4.98 Å². The summed E-state index contributed by atoms with van der Waals surface area (Å²) in [6.45, 7) is 0. The van der Waals surface area contributed by atoms with Crippen LogP contribution in [0.1, 0.15) is 10.5 Å². The average molecular weight is 241 g/mol. The smallest absolute Gasteiger partial charge is 0.265 e. The van der Waals surface area contributed by atoms with Crippen LogP contribution in [0.15, 0.2) is 30.3 Å². The van der Waals surface area contributed by atoms with Crippen LogP contribution >= 0.6 is 17.0 Å². The third-order valence-corrected chi connectivity index (χ3v) is 1.80. The number of nitrogens with one attached hydrogen (secondary N) is 1. The van der Waals surface area contributed by atoms with Crippen molar-refractivity contribution in [2.75, 3.05) is 0 Å². The van der Waals surface area contributed by atoms with Gasteiger partial charge in [0, 0.05) is 10.9 Å². The first-order valence-corrected chi connectivity index (χ1v) is 3.65. The SMILES string of the molecule is Br.NC(=O)c1cc2ccccc2[nH]1. The number of amides is 1. The van der Waals surface area contributed by atoms with E-state index in [1.807, 2.05) is 24.3 Å². The number of H-pyrrole nitrogens is 1. The van der Waals surface area contributed by atoms with Gasteiger partial charge in [-0.3, -0.25) is 4.79 Å². The van der Waals surface area contributed by atoms with E-state index in [0.717, 1.165) is 10.9 Å². The van der Waals surface area contributed by atoms with Crippen LogP contribution in [-0.4, -0.2) is 10.9 Å². The monoisotopic (exact) mass is 240 g/mol. The summed E-state index contributed by atoms with van der Waals surface area (Å²) < 4.78 is 0. The second kappa shape index (κ2) is 3.62. The van der Waals surface area contributed by atoms with Crippen LogP contribution in [0.4, 0.5) is 0 Å². The fourth-order valence-corrected chi connectivity index (χ4v) is 1.21. The zero-order chi connectivity index (χ0) is 8.55. The van der Waals surface area contributed by atoms with Gasteiger partial charge >= 0.3 is 0 Å². The Morgan fingerprint density at radius 3 is 2.62 bits per heavy atom. The Labute approximate surface area is 85.7 Å². The van der Waals surface area contributed by atoms with Crippen LogP contribution < -0.4 is 5.73 Å². The quantitative estimate of drug-likeness (QED) is 0.786. The van der Waals surface area contributed by atoms with E-state index in [1.165, 1.54) is 0 Å². The van der Waals surface area contributed by atoms with E-state index in [0.29, 0.717) is 5.69 Å². The van der Waals surface area contributed by atoms with Crippen molar-refractivity contribution in [2.24, 2.45) is 5.73 Å². The second-order valence-corrected chi connectivity index (χ2v) is 2.63. The van der Waals surface area contributed by atoms with Crippen LogP contribution in [0, 0.1) is 0 Å². The number of rotatable bonds is 1. The molecule has 1 heterocycles. The van der Waals surface area contributed by atoms with Crippen molar-refractivity contribution in [3.63, 3.8) is 0 Å². The molecule has 1 aromatic heterocycles. The van der Waals surface area contributed by atoms with E-state index in [9.17, 15) is 4.79 Å². The Morgan fingerprint density at radius 2 is 2.00 bits per heavy atom. The number of carbonyl (C=O) groups excluding carboxylic acids is 1. The molecule has 0 radical (unpaired) electrons. The molecule has 2 aromatic rings. The molecule has 0 bridgehead atoms. The molecule has 0 fully saturated rings. The molecule has 3 N–H and O–H groups in total. The van der Waals surface area contributed by atoms with Crippen molar-refractivity contribution in [1.29, 1.82) is 0 Å². The third-order valence-electron chi connectivity index (χ3n) is 1.80. The van der Waals surface area contributed by atoms with E-state index in [1.54, 1.807) is 6.07 Å². The van der Waals surface area contributed by atoms with Crippen molar-refractivity contribution in [2.45, 2.75) is 0 Å². The van der Waals surface area contributed by atoms with Crippen molar-refractivity contribution in [3.8, 4) is 0 Å². The van der Waals surface area contributed by atoms with Gasteiger partial charge in [-0.05, 0) is 12.1 Å². The highest BCUT2D eigenvalue weighted by Gasteiger charge is 2.03. The summed E-state index contributed by atoms with van der Waals surface area (Å²) in [5.74, 6) is -0.425. The number of aromatic amines is 1. The number of hydrogen-bond acceptors (Lipinski definition) is 1. The molecule has 68 valence electrons. The molecular formula is C9H9BrN2O. The van der Waals surface area contributed by atoms with Gasteiger partial charge < -0.3 is 10.7 Å². The Kier molecular flexibility index (Phi) is 2.72. The Morgan fingerprint density at radius 1 is 1.31 bits per heavy atom. The van der Waals surface area contributed by atoms with Crippen LogP contribution in [0.25, 0.3) is 10.9 Å². The standard InChI is InChI=1S/C9H8N2O.BrH/c10-9(12)8-5-6-3-1-2-4-7(6)11-8;/h1-5,11H,(H2,10,12);1H. The fourth-order valence-electron chi connectivity index (χ4n) is 1.21. The van der Waals surface area contributed by atoms with Crippen molar-refractivity contribution in [3.05, 3.63) is 36.0 Å². The molecule has 13 heavy (non-hydrogen) atoms. The number of carbonyl (C=O) groups is 1. The summed E-state index contributed by atoms with van der Waals surface area (Å²) in [5.41, 5.74) is 6.50. The molecular weight excluding hydrogens is 232 g/mol. The lowest BCUT2D eigenvalue weighted by molar-refractivity contribution is 0.0996. The molecule has 1 amide bonds. The maximum absolute atomic E-state index is 10.8. The lowest BCUT2D eigenvalue weighted by Gasteiger charge is -1.85. The van der Waals surface area contributed by atoms with Crippen LogP contribution in [0.2, 0.25) is 0 Å². The van der Waals surface area contributed by atoms with Crippen LogP contribution in [0.5, 0.6) is 0 Å². The summed E-state index contributed by atoms with van der Waals surface area (Å²) in [7, 11) is 0. The van der Waals surface area contributed by atoms with Gasteiger partial charge in [0.05, 0.1) is 0 Å². The van der Waals surface area contributed by atoms with E-state index in [4.69, 9.17) is 5.73 Å². The predicted octanol–water partition coefficient (Wildman–Crippen LogP) is 1.84. The maximum atomic E-state index is 10.8. The first-order chi connectivity index (χ1) is 5.77. The number of hydrogen-bond donors (Lipinski definition) is 2. The summed E-state index contributed by atoms with van der Waals surface area (Å²) in [5, 5.41) is 1.01. The molecule has 2 rings (SSSR count). The molecule has 1 aromatic carbocycles. The number of primary amides is 1. The first-order valence-electron chi connectivity index (χ1n) is 3.65. The summed E-state index contributed by atoms with van der Waals surface area (Å²) >= 11 is 0. The zero-order valence-electron chi connectivity index (χ0n) is 6.78. The number of fused-ring (bicyclic) bond motifs is 1. The minimum Gasteiger partial charge on any atom is -0.364 e. The number of para-hydroxylation sites is 1.